The van der Waals surface area contributed by atoms with Gasteiger partial charge in [-0.2, -0.15) is 4.31 Å². The third-order valence-corrected chi connectivity index (χ3v) is 8.97. The Morgan fingerprint density at radius 2 is 1.92 bits per heavy atom. The molecular weight excluding hydrogens is 543 g/mol. The summed E-state index contributed by atoms with van der Waals surface area (Å²) in [6.45, 7) is 1.85. The molecule has 2 atom stereocenters. The second-order valence-corrected chi connectivity index (χ2v) is 12.4. The molecule has 14 heteroatoms. The maximum atomic E-state index is 13.5. The summed E-state index contributed by atoms with van der Waals surface area (Å²) in [5.74, 6) is -1.21. The minimum atomic E-state index is -3.48. The summed E-state index contributed by atoms with van der Waals surface area (Å²) in [6, 6.07) is 4.59. The van der Waals surface area contributed by atoms with Crippen molar-refractivity contribution in [3.05, 3.63) is 51.4 Å². The number of carbonyl (C=O) groups excluding carboxylic acids is 2. The van der Waals surface area contributed by atoms with E-state index >= 15 is 0 Å². The molecule has 200 valence electrons. The van der Waals surface area contributed by atoms with Crippen LogP contribution in [0, 0.1) is 5.82 Å². The summed E-state index contributed by atoms with van der Waals surface area (Å²) in [5, 5.41) is 6.73. The molecule has 2 aliphatic rings. The average Bonchev–Trinajstić information content (AvgIpc) is 3.43. The minimum absolute atomic E-state index is 0. The molecule has 1 saturated heterocycles. The Labute approximate surface area is 224 Å². The lowest BCUT2D eigenvalue weighted by Gasteiger charge is -2.37. The number of sulfonamides is 1. The highest BCUT2D eigenvalue weighted by Gasteiger charge is 2.36. The molecule has 4 heterocycles. The zero-order valence-corrected chi connectivity index (χ0v) is 22.7. The Hall–Kier alpha value is -2.58. The van der Waals surface area contributed by atoms with Crippen molar-refractivity contribution in [2.45, 2.75) is 31.5 Å². The molecule has 0 unspecified atom stereocenters. The maximum Gasteiger partial charge on any atom is 0.280 e. The third kappa shape index (κ3) is 5.96. The van der Waals surface area contributed by atoms with Gasteiger partial charge in [-0.1, -0.05) is 0 Å². The second kappa shape index (κ2) is 10.7. The number of aromatic nitrogens is 2. The Balaban J connectivity index is 0.00000320. The van der Waals surface area contributed by atoms with Gasteiger partial charge in [-0.3, -0.25) is 9.59 Å². The van der Waals surface area contributed by atoms with Crippen LogP contribution in [0.15, 0.2) is 24.3 Å². The first-order valence-electron chi connectivity index (χ1n) is 11.6. The third-order valence-electron chi connectivity index (χ3n) is 6.62. The van der Waals surface area contributed by atoms with Crippen LogP contribution in [0.2, 0.25) is 0 Å². The van der Waals surface area contributed by atoms with Gasteiger partial charge in [-0.05, 0) is 37.7 Å². The Morgan fingerprint density at radius 3 is 2.68 bits per heavy atom. The smallest absolute Gasteiger partial charge is 0.280 e. The molecular formula is C23H28ClFN6O4S2. The molecule has 3 aromatic rings. The fourth-order valence-corrected chi connectivity index (χ4v) is 6.62. The largest absolute Gasteiger partial charge is 0.351 e. The molecule has 0 spiro atoms. The van der Waals surface area contributed by atoms with E-state index in [2.05, 4.69) is 25.5 Å². The van der Waals surface area contributed by atoms with Crippen LogP contribution in [-0.4, -0.2) is 84.4 Å². The van der Waals surface area contributed by atoms with E-state index in [1.165, 1.54) is 27.8 Å². The molecule has 0 bridgehead atoms. The SMILES string of the molecule is CN1CCc2nc(C(=O)N[C@@H]3CN(S(C)(=O)=O)CC[C@@H]3NC(=O)c3cc4cc(F)ccc4[nH]3)sc2C1.Cl. The molecule has 37 heavy (non-hydrogen) atoms. The molecule has 0 radical (unpaired) electrons. The fourth-order valence-electron chi connectivity index (χ4n) is 4.66. The van der Waals surface area contributed by atoms with E-state index in [0.29, 0.717) is 22.3 Å². The predicted molar refractivity (Wildman–Crippen MR) is 141 cm³/mol. The number of hydrogen-bond donors (Lipinski definition) is 3. The van der Waals surface area contributed by atoms with Crippen LogP contribution in [0.25, 0.3) is 10.9 Å². The number of halogens is 2. The summed E-state index contributed by atoms with van der Waals surface area (Å²) in [5.41, 5.74) is 1.80. The van der Waals surface area contributed by atoms with Gasteiger partial charge in [0.05, 0.1) is 24.0 Å². The Kier molecular flexibility index (Phi) is 7.91. The normalized spacial score (nSPS) is 20.7. The van der Waals surface area contributed by atoms with E-state index in [4.69, 9.17) is 0 Å². The molecule has 1 fully saturated rings. The van der Waals surface area contributed by atoms with E-state index in [0.717, 1.165) is 36.3 Å². The number of fused-ring (bicyclic) bond motifs is 2. The maximum absolute atomic E-state index is 13.5. The van der Waals surface area contributed by atoms with E-state index in [-0.39, 0.29) is 31.2 Å². The number of nitrogens with one attached hydrogen (secondary N) is 3. The number of H-pyrrole nitrogens is 1. The second-order valence-electron chi connectivity index (χ2n) is 9.36. The number of nitrogens with zero attached hydrogens (tertiary/aromatic N) is 3. The van der Waals surface area contributed by atoms with Gasteiger partial charge in [-0.25, -0.2) is 17.8 Å². The van der Waals surface area contributed by atoms with Crippen LogP contribution in [0.4, 0.5) is 4.39 Å². The number of thiazole rings is 1. The van der Waals surface area contributed by atoms with Crippen LogP contribution in [0.3, 0.4) is 0 Å². The molecule has 5 rings (SSSR count). The molecule has 2 aliphatic heterocycles. The predicted octanol–water partition coefficient (Wildman–Crippen LogP) is 1.74. The van der Waals surface area contributed by atoms with Gasteiger partial charge in [0.1, 0.15) is 11.5 Å². The van der Waals surface area contributed by atoms with Crippen molar-refractivity contribution in [2.24, 2.45) is 0 Å². The molecule has 10 nitrogen and oxygen atoms in total. The lowest BCUT2D eigenvalue weighted by Crippen LogP contribution is -2.61. The van der Waals surface area contributed by atoms with E-state index < -0.39 is 39.7 Å². The zero-order chi connectivity index (χ0) is 25.6. The molecule has 0 saturated carbocycles. The van der Waals surface area contributed by atoms with E-state index in [1.807, 2.05) is 7.05 Å². The standard InChI is InChI=1S/C23H27FN6O4S2.ClH/c1-29-7-5-17-20(12-29)35-23(28-17)22(32)27-19-11-30(36(2,33)34)8-6-16(19)26-21(31)18-10-13-9-14(24)3-4-15(13)25-18;/h3-4,9-10,16,19,25H,5-8,11-12H2,1-2H3,(H,26,31)(H,27,32);1H/t16-,19+;/m0./s1. The van der Waals surface area contributed by atoms with Gasteiger partial charge in [0.2, 0.25) is 10.0 Å². The van der Waals surface area contributed by atoms with Gasteiger partial charge >= 0.3 is 0 Å². The first-order chi connectivity index (χ1) is 17.1. The lowest BCUT2D eigenvalue weighted by molar-refractivity contribution is 0.0847. The zero-order valence-electron chi connectivity index (χ0n) is 20.3. The number of amides is 2. The molecule has 2 aromatic heterocycles. The summed E-state index contributed by atoms with van der Waals surface area (Å²) < 4.78 is 39.3. The Morgan fingerprint density at radius 1 is 1.16 bits per heavy atom. The van der Waals surface area contributed by atoms with E-state index in [1.54, 1.807) is 12.1 Å². The molecule has 1 aromatic carbocycles. The van der Waals surface area contributed by atoms with Gasteiger partial charge in [0, 0.05) is 48.4 Å². The number of hydrogen-bond acceptors (Lipinski definition) is 7. The first kappa shape index (κ1) is 27.5. The lowest BCUT2D eigenvalue weighted by atomic mass is 10.0. The van der Waals surface area contributed by atoms with Crippen LogP contribution in [0.5, 0.6) is 0 Å². The molecule has 0 aliphatic carbocycles. The summed E-state index contributed by atoms with van der Waals surface area (Å²) >= 11 is 1.34. The van der Waals surface area contributed by atoms with Crippen LogP contribution in [0.1, 0.15) is 37.3 Å². The number of aromatic amines is 1. The van der Waals surface area contributed by atoms with Crippen molar-refractivity contribution in [3.8, 4) is 0 Å². The van der Waals surface area contributed by atoms with Gasteiger partial charge in [-0.15, -0.1) is 23.7 Å². The van der Waals surface area contributed by atoms with E-state index in [9.17, 15) is 22.4 Å². The summed E-state index contributed by atoms with van der Waals surface area (Å²) in [6.07, 6.45) is 2.21. The molecule has 2 amide bonds. The monoisotopic (exact) mass is 570 g/mol. The van der Waals surface area contributed by atoms with Crippen molar-refractivity contribution in [3.63, 3.8) is 0 Å². The highest BCUT2D eigenvalue weighted by molar-refractivity contribution is 7.88. The molecule has 3 N–H and O–H groups in total. The van der Waals surface area contributed by atoms with Crippen molar-refractivity contribution in [2.75, 3.05) is 32.9 Å². The van der Waals surface area contributed by atoms with Crippen molar-refractivity contribution in [1.29, 1.82) is 0 Å². The Bertz CT molecular complexity index is 1440. The summed E-state index contributed by atoms with van der Waals surface area (Å²) in [7, 11) is -1.47. The fraction of sp³-hybridized carbons (Fsp3) is 0.435. The highest BCUT2D eigenvalue weighted by atomic mass is 35.5. The van der Waals surface area contributed by atoms with Crippen molar-refractivity contribution in [1.82, 2.24) is 29.8 Å². The van der Waals surface area contributed by atoms with Gasteiger partial charge in [0.15, 0.2) is 5.01 Å². The van der Waals surface area contributed by atoms with Crippen molar-refractivity contribution >= 4 is 56.5 Å². The average molecular weight is 571 g/mol. The van der Waals surface area contributed by atoms with Crippen molar-refractivity contribution < 1.29 is 22.4 Å². The minimum Gasteiger partial charge on any atom is -0.351 e. The van der Waals surface area contributed by atoms with Gasteiger partial charge < -0.3 is 20.5 Å². The number of likely N-dealkylation sites (N-methyl/N-ethyl adjacent to an activating group) is 1. The first-order valence-corrected chi connectivity index (χ1v) is 14.3. The van der Waals surface area contributed by atoms with Crippen LogP contribution in [-0.2, 0) is 23.0 Å². The number of piperidine rings is 1. The van der Waals surface area contributed by atoms with Crippen LogP contribution < -0.4 is 10.6 Å². The topological polar surface area (TPSA) is 128 Å². The highest BCUT2D eigenvalue weighted by Crippen LogP contribution is 2.25. The van der Waals surface area contributed by atoms with Crippen LogP contribution >= 0.6 is 23.7 Å². The summed E-state index contributed by atoms with van der Waals surface area (Å²) in [4.78, 5) is 36.8. The number of benzene rings is 1. The van der Waals surface area contributed by atoms with Gasteiger partial charge in [0.25, 0.3) is 11.8 Å². The number of rotatable bonds is 5. The number of carbonyl (C=O) groups is 2. The quantitative estimate of drug-likeness (QED) is 0.429.